The van der Waals surface area contributed by atoms with Crippen molar-refractivity contribution in [2.45, 2.75) is 32.6 Å². The number of benzene rings is 1. The molecule has 0 unspecified atom stereocenters. The summed E-state index contributed by atoms with van der Waals surface area (Å²) in [5.41, 5.74) is 0.640. The maximum atomic E-state index is 12.4. The third-order valence-electron chi connectivity index (χ3n) is 5.15. The van der Waals surface area contributed by atoms with Crippen molar-refractivity contribution in [2.75, 3.05) is 44.8 Å². The third kappa shape index (κ3) is 4.48. The summed E-state index contributed by atoms with van der Waals surface area (Å²) in [6, 6.07) is 7.68. The number of anilines is 1. The molecule has 0 bridgehead atoms. The zero-order valence-electron chi connectivity index (χ0n) is 14.6. The van der Waals surface area contributed by atoms with Crippen molar-refractivity contribution in [3.63, 3.8) is 0 Å². The highest BCUT2D eigenvalue weighted by Gasteiger charge is 2.36. The molecule has 1 heterocycles. The zero-order valence-corrected chi connectivity index (χ0v) is 14.6. The lowest BCUT2D eigenvalue weighted by atomic mass is 9.88. The Kier molecular flexibility index (Phi) is 5.74. The van der Waals surface area contributed by atoms with Crippen LogP contribution < -0.4 is 10.1 Å². The molecule has 3 rings (SSSR count). The first-order valence-corrected chi connectivity index (χ1v) is 9.00. The predicted molar refractivity (Wildman–Crippen MR) is 94.4 cm³/mol. The van der Waals surface area contributed by atoms with E-state index in [-0.39, 0.29) is 11.3 Å². The summed E-state index contributed by atoms with van der Waals surface area (Å²) in [5, 5.41) is 3.04. The van der Waals surface area contributed by atoms with Crippen LogP contribution in [0, 0.1) is 5.41 Å². The van der Waals surface area contributed by atoms with Crippen LogP contribution in [0.4, 0.5) is 5.69 Å². The van der Waals surface area contributed by atoms with Gasteiger partial charge in [-0.25, -0.2) is 0 Å². The molecule has 1 saturated heterocycles. The minimum absolute atomic E-state index is 0.140. The second-order valence-electron chi connectivity index (χ2n) is 7.05. The van der Waals surface area contributed by atoms with Crippen LogP contribution in [0.25, 0.3) is 0 Å². The Hall–Kier alpha value is -1.59. The number of nitrogens with one attached hydrogen (secondary N) is 1. The SMILES string of the molecule is CC1(C(=O)Nc2ccc(OCCN3CCOCC3)cc2)CCCC1. The van der Waals surface area contributed by atoms with Crippen molar-refractivity contribution in [1.29, 1.82) is 0 Å². The molecule has 1 amide bonds. The monoisotopic (exact) mass is 332 g/mol. The first-order chi connectivity index (χ1) is 11.7. The highest BCUT2D eigenvalue weighted by molar-refractivity contribution is 5.95. The number of hydrogen-bond acceptors (Lipinski definition) is 4. The number of carbonyl (C=O) groups is 1. The molecule has 0 atom stereocenters. The molecule has 1 N–H and O–H groups in total. The molecule has 5 nitrogen and oxygen atoms in total. The van der Waals surface area contributed by atoms with Crippen LogP contribution in [-0.2, 0) is 9.53 Å². The number of amides is 1. The molecule has 2 aliphatic rings. The second-order valence-corrected chi connectivity index (χ2v) is 7.05. The molecule has 24 heavy (non-hydrogen) atoms. The average molecular weight is 332 g/mol. The fraction of sp³-hybridized carbons (Fsp3) is 0.632. The predicted octanol–water partition coefficient (Wildman–Crippen LogP) is 2.92. The van der Waals surface area contributed by atoms with Gasteiger partial charge >= 0.3 is 0 Å². The fourth-order valence-electron chi connectivity index (χ4n) is 3.42. The Morgan fingerprint density at radius 3 is 2.54 bits per heavy atom. The fourth-order valence-corrected chi connectivity index (χ4v) is 3.42. The largest absolute Gasteiger partial charge is 0.492 e. The third-order valence-corrected chi connectivity index (χ3v) is 5.15. The topological polar surface area (TPSA) is 50.8 Å². The number of ether oxygens (including phenoxy) is 2. The van der Waals surface area contributed by atoms with E-state index in [9.17, 15) is 4.79 Å². The Morgan fingerprint density at radius 2 is 1.88 bits per heavy atom. The molecule has 1 aliphatic heterocycles. The number of morpholine rings is 1. The van der Waals surface area contributed by atoms with E-state index in [1.807, 2.05) is 24.3 Å². The van der Waals surface area contributed by atoms with E-state index >= 15 is 0 Å². The van der Waals surface area contributed by atoms with Gasteiger partial charge in [0, 0.05) is 30.7 Å². The van der Waals surface area contributed by atoms with Gasteiger partial charge in [0.25, 0.3) is 0 Å². The van der Waals surface area contributed by atoms with Crippen LogP contribution in [-0.4, -0.2) is 50.3 Å². The molecule has 1 aromatic carbocycles. The maximum Gasteiger partial charge on any atom is 0.230 e. The molecule has 132 valence electrons. The summed E-state index contributed by atoms with van der Waals surface area (Å²) in [6.07, 6.45) is 4.28. The minimum Gasteiger partial charge on any atom is -0.492 e. The first kappa shape index (κ1) is 17.2. The molecule has 0 radical (unpaired) electrons. The summed E-state index contributed by atoms with van der Waals surface area (Å²) in [4.78, 5) is 14.8. The Bertz CT molecular complexity index is 532. The number of hydrogen-bond donors (Lipinski definition) is 1. The van der Waals surface area contributed by atoms with Gasteiger partial charge in [0.2, 0.25) is 5.91 Å². The highest BCUT2D eigenvalue weighted by atomic mass is 16.5. The summed E-state index contributed by atoms with van der Waals surface area (Å²) < 4.78 is 11.1. The van der Waals surface area contributed by atoms with E-state index in [2.05, 4.69) is 17.1 Å². The smallest absolute Gasteiger partial charge is 0.230 e. The summed E-state index contributed by atoms with van der Waals surface area (Å²) >= 11 is 0. The maximum absolute atomic E-state index is 12.4. The van der Waals surface area contributed by atoms with Crippen LogP contribution >= 0.6 is 0 Å². The average Bonchev–Trinajstić information content (AvgIpc) is 3.05. The Labute approximate surface area is 144 Å². The lowest BCUT2D eigenvalue weighted by molar-refractivity contribution is -0.124. The van der Waals surface area contributed by atoms with Gasteiger partial charge in [0.15, 0.2) is 0 Å². The summed E-state index contributed by atoms with van der Waals surface area (Å²) in [7, 11) is 0. The van der Waals surface area contributed by atoms with Crippen LogP contribution in [0.2, 0.25) is 0 Å². The van der Waals surface area contributed by atoms with Crippen LogP contribution in [0.15, 0.2) is 24.3 Å². The quantitative estimate of drug-likeness (QED) is 0.870. The second kappa shape index (κ2) is 7.99. The zero-order chi connectivity index (χ0) is 16.8. The lowest BCUT2D eigenvalue weighted by Gasteiger charge is -2.26. The molecule has 1 aliphatic carbocycles. The molecule has 0 aromatic heterocycles. The van der Waals surface area contributed by atoms with E-state index < -0.39 is 0 Å². The lowest BCUT2D eigenvalue weighted by Crippen LogP contribution is -2.38. The molecule has 1 aromatic rings. The summed E-state index contributed by atoms with van der Waals surface area (Å²) in [5.74, 6) is 0.981. The van der Waals surface area contributed by atoms with E-state index in [0.717, 1.165) is 70.0 Å². The van der Waals surface area contributed by atoms with Gasteiger partial charge in [-0.2, -0.15) is 0 Å². The first-order valence-electron chi connectivity index (χ1n) is 9.00. The van der Waals surface area contributed by atoms with Gasteiger partial charge in [0.1, 0.15) is 12.4 Å². The Morgan fingerprint density at radius 1 is 1.21 bits per heavy atom. The van der Waals surface area contributed by atoms with Crippen LogP contribution in [0.5, 0.6) is 5.75 Å². The Balaban J connectivity index is 1.44. The number of carbonyl (C=O) groups excluding carboxylic acids is 1. The number of nitrogens with zero attached hydrogens (tertiary/aromatic N) is 1. The summed E-state index contributed by atoms with van der Waals surface area (Å²) in [6.45, 7) is 7.24. The molecular formula is C19H28N2O3. The molecular weight excluding hydrogens is 304 g/mol. The van der Waals surface area contributed by atoms with Gasteiger partial charge in [-0.15, -0.1) is 0 Å². The van der Waals surface area contributed by atoms with Crippen molar-refractivity contribution in [2.24, 2.45) is 5.41 Å². The van der Waals surface area contributed by atoms with E-state index in [1.165, 1.54) is 0 Å². The van der Waals surface area contributed by atoms with Gasteiger partial charge in [-0.1, -0.05) is 19.8 Å². The van der Waals surface area contributed by atoms with Crippen molar-refractivity contribution >= 4 is 11.6 Å². The van der Waals surface area contributed by atoms with E-state index in [1.54, 1.807) is 0 Å². The molecule has 5 heteroatoms. The molecule has 1 saturated carbocycles. The van der Waals surface area contributed by atoms with Gasteiger partial charge in [-0.3, -0.25) is 9.69 Å². The van der Waals surface area contributed by atoms with Gasteiger partial charge < -0.3 is 14.8 Å². The van der Waals surface area contributed by atoms with Crippen molar-refractivity contribution in [3.05, 3.63) is 24.3 Å². The van der Waals surface area contributed by atoms with Crippen LogP contribution in [0.1, 0.15) is 32.6 Å². The van der Waals surface area contributed by atoms with Crippen molar-refractivity contribution in [3.8, 4) is 5.75 Å². The number of rotatable bonds is 6. The van der Waals surface area contributed by atoms with Gasteiger partial charge in [0.05, 0.1) is 13.2 Å². The van der Waals surface area contributed by atoms with E-state index in [0.29, 0.717) is 6.61 Å². The molecule has 2 fully saturated rings. The standard InChI is InChI=1S/C19H28N2O3/c1-19(8-2-3-9-19)18(22)20-16-4-6-17(7-5-16)24-15-12-21-10-13-23-14-11-21/h4-7H,2-3,8-15H2,1H3,(H,20,22). The van der Waals surface area contributed by atoms with Crippen LogP contribution in [0.3, 0.4) is 0 Å². The van der Waals surface area contributed by atoms with Crippen molar-refractivity contribution in [1.82, 2.24) is 4.90 Å². The normalized spacial score (nSPS) is 20.7. The van der Waals surface area contributed by atoms with Gasteiger partial charge in [-0.05, 0) is 37.1 Å². The van der Waals surface area contributed by atoms with E-state index in [4.69, 9.17) is 9.47 Å². The highest BCUT2D eigenvalue weighted by Crippen LogP contribution is 2.38. The van der Waals surface area contributed by atoms with Crippen molar-refractivity contribution < 1.29 is 14.3 Å². The minimum atomic E-state index is -0.201. The molecule has 0 spiro atoms.